The Balaban J connectivity index is 1.58. The number of fused-ring (bicyclic) bond motifs is 1. The molecular formula is C22H18ClFN2O2S. The molecule has 2 amide bonds. The van der Waals surface area contributed by atoms with Crippen molar-refractivity contribution in [1.29, 1.82) is 0 Å². The van der Waals surface area contributed by atoms with Crippen molar-refractivity contribution in [3.8, 4) is 0 Å². The number of nitrogens with zero attached hydrogens (tertiary/aromatic N) is 1. The van der Waals surface area contributed by atoms with Crippen LogP contribution in [0.2, 0.25) is 5.02 Å². The van der Waals surface area contributed by atoms with Crippen LogP contribution < -0.4 is 10.2 Å². The highest BCUT2D eigenvalue weighted by Crippen LogP contribution is 2.35. The van der Waals surface area contributed by atoms with Crippen molar-refractivity contribution >= 4 is 45.4 Å². The lowest BCUT2D eigenvalue weighted by molar-refractivity contribution is 0.0990. The lowest BCUT2D eigenvalue weighted by Gasteiger charge is -2.19. The van der Waals surface area contributed by atoms with Crippen molar-refractivity contribution in [3.63, 3.8) is 0 Å². The Labute approximate surface area is 176 Å². The normalized spacial score (nSPS) is 12.8. The number of thiophene rings is 1. The van der Waals surface area contributed by atoms with E-state index in [-0.39, 0.29) is 16.5 Å². The number of amides is 2. The van der Waals surface area contributed by atoms with E-state index in [4.69, 9.17) is 11.6 Å². The molecule has 0 aliphatic carbocycles. The summed E-state index contributed by atoms with van der Waals surface area (Å²) in [5, 5.41) is 3.34. The van der Waals surface area contributed by atoms with Crippen LogP contribution in [0.5, 0.6) is 0 Å². The van der Waals surface area contributed by atoms with Gasteiger partial charge in [-0.25, -0.2) is 4.39 Å². The van der Waals surface area contributed by atoms with Gasteiger partial charge in [-0.15, -0.1) is 11.3 Å². The number of carbonyl (C=O) groups excluding carboxylic acids is 2. The molecule has 0 fully saturated rings. The standard InChI is InChI=1S/C22H18ClFN2O2S/c1-12-4-3-5-14-8-9-26(19(12)14)22(28)20-13(2)10-18(29-20)25-21(27)16-7-6-15(24)11-17(16)23/h3-7,10-11H,8-9H2,1-2H3,(H,25,27). The van der Waals surface area contributed by atoms with E-state index in [2.05, 4.69) is 11.4 Å². The van der Waals surface area contributed by atoms with E-state index in [0.29, 0.717) is 16.4 Å². The van der Waals surface area contributed by atoms with Gasteiger partial charge in [0.15, 0.2) is 0 Å². The van der Waals surface area contributed by atoms with Gasteiger partial charge in [-0.1, -0.05) is 29.8 Å². The van der Waals surface area contributed by atoms with E-state index < -0.39 is 11.7 Å². The zero-order valence-electron chi connectivity index (χ0n) is 15.9. The van der Waals surface area contributed by atoms with E-state index in [9.17, 15) is 14.0 Å². The van der Waals surface area contributed by atoms with Crippen LogP contribution in [0.15, 0.2) is 42.5 Å². The van der Waals surface area contributed by atoms with E-state index in [1.807, 2.05) is 30.9 Å². The monoisotopic (exact) mass is 428 g/mol. The molecule has 29 heavy (non-hydrogen) atoms. The van der Waals surface area contributed by atoms with Crippen LogP contribution in [-0.4, -0.2) is 18.4 Å². The number of anilines is 2. The number of hydrogen-bond acceptors (Lipinski definition) is 3. The van der Waals surface area contributed by atoms with Gasteiger partial charge >= 0.3 is 0 Å². The molecule has 2 aromatic carbocycles. The molecule has 1 aliphatic rings. The molecule has 0 saturated carbocycles. The summed E-state index contributed by atoms with van der Waals surface area (Å²) in [6.45, 7) is 4.49. The van der Waals surface area contributed by atoms with Gasteiger partial charge in [0.2, 0.25) is 0 Å². The maximum Gasteiger partial charge on any atom is 0.268 e. The maximum absolute atomic E-state index is 13.2. The van der Waals surface area contributed by atoms with Crippen molar-refractivity contribution < 1.29 is 14.0 Å². The largest absolute Gasteiger partial charge is 0.313 e. The SMILES string of the molecule is Cc1cc(NC(=O)c2ccc(F)cc2Cl)sc1C(=O)N1CCc2cccc(C)c21. The topological polar surface area (TPSA) is 49.4 Å². The number of para-hydroxylation sites is 1. The molecule has 0 atom stereocenters. The summed E-state index contributed by atoms with van der Waals surface area (Å²) in [7, 11) is 0. The average molecular weight is 429 g/mol. The molecule has 4 nitrogen and oxygen atoms in total. The predicted octanol–water partition coefficient (Wildman–Crippen LogP) is 5.61. The molecular weight excluding hydrogens is 411 g/mol. The second kappa shape index (κ2) is 7.61. The highest BCUT2D eigenvalue weighted by molar-refractivity contribution is 7.18. The minimum atomic E-state index is -0.507. The number of carbonyl (C=O) groups is 2. The van der Waals surface area contributed by atoms with Gasteiger partial charge in [0.25, 0.3) is 11.8 Å². The summed E-state index contributed by atoms with van der Waals surface area (Å²) in [5.74, 6) is -1.02. The average Bonchev–Trinajstić information content (AvgIpc) is 3.25. The Kier molecular flexibility index (Phi) is 5.15. The molecule has 4 rings (SSSR count). The Bertz CT molecular complexity index is 1140. The van der Waals surface area contributed by atoms with Crippen molar-refractivity contribution in [2.75, 3.05) is 16.8 Å². The number of nitrogens with one attached hydrogen (secondary N) is 1. The Morgan fingerprint density at radius 2 is 1.93 bits per heavy atom. The third kappa shape index (κ3) is 3.66. The first-order valence-corrected chi connectivity index (χ1v) is 10.3. The number of halogens is 2. The number of hydrogen-bond donors (Lipinski definition) is 1. The fourth-order valence-electron chi connectivity index (χ4n) is 3.59. The summed E-state index contributed by atoms with van der Waals surface area (Å²) in [6, 6.07) is 11.4. The molecule has 1 aromatic heterocycles. The molecule has 0 saturated heterocycles. The van der Waals surface area contributed by atoms with Gasteiger partial charge in [0, 0.05) is 6.54 Å². The number of rotatable bonds is 3. The summed E-state index contributed by atoms with van der Waals surface area (Å²) in [5.41, 5.74) is 4.20. The molecule has 0 unspecified atom stereocenters. The number of aryl methyl sites for hydroxylation is 2. The lowest BCUT2D eigenvalue weighted by atomic mass is 10.1. The van der Waals surface area contributed by atoms with Crippen LogP contribution >= 0.6 is 22.9 Å². The Morgan fingerprint density at radius 1 is 1.14 bits per heavy atom. The third-order valence-electron chi connectivity index (χ3n) is 4.97. The highest BCUT2D eigenvalue weighted by Gasteiger charge is 2.29. The molecule has 0 spiro atoms. The predicted molar refractivity (Wildman–Crippen MR) is 115 cm³/mol. The van der Waals surface area contributed by atoms with Gasteiger partial charge in [-0.2, -0.15) is 0 Å². The molecule has 7 heteroatoms. The molecule has 2 heterocycles. The molecule has 1 aliphatic heterocycles. The lowest BCUT2D eigenvalue weighted by Crippen LogP contribution is -2.29. The van der Waals surface area contributed by atoms with Crippen molar-refractivity contribution in [3.05, 3.63) is 80.4 Å². The summed E-state index contributed by atoms with van der Waals surface area (Å²) >= 11 is 7.19. The van der Waals surface area contributed by atoms with E-state index >= 15 is 0 Å². The summed E-state index contributed by atoms with van der Waals surface area (Å²) in [4.78, 5) is 28.1. The van der Waals surface area contributed by atoms with Crippen LogP contribution in [0.4, 0.5) is 15.1 Å². The van der Waals surface area contributed by atoms with Gasteiger partial charge < -0.3 is 10.2 Å². The molecule has 1 N–H and O–H groups in total. The Morgan fingerprint density at radius 3 is 2.69 bits per heavy atom. The highest BCUT2D eigenvalue weighted by atomic mass is 35.5. The van der Waals surface area contributed by atoms with Crippen LogP contribution in [0, 0.1) is 19.7 Å². The second-order valence-electron chi connectivity index (χ2n) is 6.99. The number of benzene rings is 2. The molecule has 3 aromatic rings. The van der Waals surface area contributed by atoms with E-state index in [0.717, 1.165) is 29.3 Å². The first kappa shape index (κ1) is 19.6. The van der Waals surface area contributed by atoms with E-state index in [1.165, 1.54) is 29.0 Å². The summed E-state index contributed by atoms with van der Waals surface area (Å²) in [6.07, 6.45) is 0.833. The quantitative estimate of drug-likeness (QED) is 0.589. The first-order valence-electron chi connectivity index (χ1n) is 9.12. The smallest absolute Gasteiger partial charge is 0.268 e. The second-order valence-corrected chi connectivity index (χ2v) is 8.45. The minimum absolute atomic E-state index is 0.0382. The Hall–Kier alpha value is -2.70. The van der Waals surface area contributed by atoms with Gasteiger partial charge in [0.05, 0.1) is 26.2 Å². The van der Waals surface area contributed by atoms with Gasteiger partial charge in [-0.3, -0.25) is 9.59 Å². The van der Waals surface area contributed by atoms with Crippen LogP contribution in [0.25, 0.3) is 0 Å². The van der Waals surface area contributed by atoms with Gasteiger partial charge in [-0.05, 0) is 61.2 Å². The van der Waals surface area contributed by atoms with Crippen molar-refractivity contribution in [2.45, 2.75) is 20.3 Å². The molecule has 148 valence electrons. The maximum atomic E-state index is 13.2. The van der Waals surface area contributed by atoms with E-state index in [1.54, 1.807) is 6.07 Å². The first-order chi connectivity index (χ1) is 13.8. The third-order valence-corrected chi connectivity index (χ3v) is 6.42. The van der Waals surface area contributed by atoms with Crippen molar-refractivity contribution in [2.24, 2.45) is 0 Å². The zero-order valence-corrected chi connectivity index (χ0v) is 17.5. The zero-order chi connectivity index (χ0) is 20.7. The molecule has 0 radical (unpaired) electrons. The fraction of sp³-hybridized carbons (Fsp3) is 0.182. The minimum Gasteiger partial charge on any atom is -0.313 e. The van der Waals surface area contributed by atoms with Crippen LogP contribution in [-0.2, 0) is 6.42 Å². The molecule has 0 bridgehead atoms. The van der Waals surface area contributed by atoms with Crippen molar-refractivity contribution in [1.82, 2.24) is 0 Å². The summed E-state index contributed by atoms with van der Waals surface area (Å²) < 4.78 is 13.2. The van der Waals surface area contributed by atoms with Gasteiger partial charge in [0.1, 0.15) is 5.82 Å². The fourth-order valence-corrected chi connectivity index (χ4v) is 4.86. The van der Waals surface area contributed by atoms with Crippen LogP contribution in [0.1, 0.15) is 36.7 Å². The van der Waals surface area contributed by atoms with Crippen LogP contribution in [0.3, 0.4) is 0 Å².